The Morgan fingerprint density at radius 1 is 1.13 bits per heavy atom. The number of benzene rings is 2. The number of aromatic nitrogens is 3. The average molecular weight is 421 g/mol. The summed E-state index contributed by atoms with van der Waals surface area (Å²) < 4.78 is 7.28. The van der Waals surface area contributed by atoms with Crippen molar-refractivity contribution in [3.8, 4) is 28.3 Å². The number of nitrogens with one attached hydrogen (secondary N) is 1. The topological polar surface area (TPSA) is 68.5 Å². The van der Waals surface area contributed by atoms with Gasteiger partial charge in [-0.15, -0.1) is 0 Å². The molecule has 0 aliphatic rings. The number of rotatable bonds is 6. The Morgan fingerprint density at radius 3 is 2.63 bits per heavy atom. The van der Waals surface area contributed by atoms with Gasteiger partial charge in [0, 0.05) is 28.8 Å². The maximum absolute atomic E-state index is 12.7. The molecule has 152 valence electrons. The van der Waals surface area contributed by atoms with Gasteiger partial charge in [0.1, 0.15) is 11.4 Å². The summed E-state index contributed by atoms with van der Waals surface area (Å²) in [6.45, 7) is 2.59. The molecule has 6 nitrogen and oxygen atoms in total. The minimum Gasteiger partial charge on any atom is -0.496 e. The highest BCUT2D eigenvalue weighted by Crippen LogP contribution is 2.31. The van der Waals surface area contributed by atoms with E-state index in [0.717, 1.165) is 28.9 Å². The first-order valence-electron chi connectivity index (χ1n) is 9.69. The van der Waals surface area contributed by atoms with E-state index in [9.17, 15) is 4.79 Å². The van der Waals surface area contributed by atoms with Gasteiger partial charge < -0.3 is 10.1 Å². The lowest BCUT2D eigenvalue weighted by atomic mass is 10.1. The summed E-state index contributed by atoms with van der Waals surface area (Å²) in [5.74, 6) is 0.471. The van der Waals surface area contributed by atoms with Crippen LogP contribution in [-0.2, 0) is 0 Å². The van der Waals surface area contributed by atoms with E-state index in [0.29, 0.717) is 28.7 Å². The maximum atomic E-state index is 12.7. The second-order valence-corrected chi connectivity index (χ2v) is 7.23. The van der Waals surface area contributed by atoms with Crippen molar-refractivity contribution < 1.29 is 9.53 Å². The highest BCUT2D eigenvalue weighted by Gasteiger charge is 2.18. The van der Waals surface area contributed by atoms with Crippen LogP contribution in [-0.4, -0.2) is 34.2 Å². The fourth-order valence-electron chi connectivity index (χ4n) is 3.23. The van der Waals surface area contributed by atoms with E-state index in [2.05, 4.69) is 10.3 Å². The third-order valence-corrected chi connectivity index (χ3v) is 4.97. The van der Waals surface area contributed by atoms with Crippen molar-refractivity contribution in [2.75, 3.05) is 13.7 Å². The molecule has 0 saturated heterocycles. The van der Waals surface area contributed by atoms with Gasteiger partial charge in [0.15, 0.2) is 5.65 Å². The van der Waals surface area contributed by atoms with Gasteiger partial charge in [-0.25, -0.2) is 9.50 Å². The van der Waals surface area contributed by atoms with Crippen molar-refractivity contribution >= 4 is 23.2 Å². The number of hydrogen-bond donors (Lipinski definition) is 1. The molecular weight excluding hydrogens is 400 g/mol. The summed E-state index contributed by atoms with van der Waals surface area (Å²) >= 11 is 6.02. The van der Waals surface area contributed by atoms with Crippen LogP contribution in [0.5, 0.6) is 5.75 Å². The summed E-state index contributed by atoms with van der Waals surface area (Å²) in [5, 5.41) is 8.30. The van der Waals surface area contributed by atoms with E-state index in [1.807, 2.05) is 61.5 Å². The number of hydrogen-bond acceptors (Lipinski definition) is 4. The Morgan fingerprint density at radius 2 is 1.90 bits per heavy atom. The Bertz CT molecular complexity index is 1200. The minimum atomic E-state index is -0.218. The predicted octanol–water partition coefficient (Wildman–Crippen LogP) is 4.87. The normalized spacial score (nSPS) is 10.9. The number of methoxy groups -OCH3 is 1. The molecule has 30 heavy (non-hydrogen) atoms. The first kappa shape index (κ1) is 19.9. The highest BCUT2D eigenvalue weighted by molar-refractivity contribution is 6.30. The Kier molecular flexibility index (Phi) is 5.68. The van der Waals surface area contributed by atoms with Gasteiger partial charge >= 0.3 is 0 Å². The molecule has 2 heterocycles. The molecule has 0 spiro atoms. The van der Waals surface area contributed by atoms with Crippen molar-refractivity contribution in [3.05, 3.63) is 71.4 Å². The van der Waals surface area contributed by atoms with Crippen molar-refractivity contribution in [3.63, 3.8) is 0 Å². The molecule has 0 saturated carbocycles. The van der Waals surface area contributed by atoms with Gasteiger partial charge in [-0.05, 0) is 36.8 Å². The average Bonchev–Trinajstić information content (AvgIpc) is 3.21. The second-order valence-electron chi connectivity index (χ2n) is 6.79. The SMILES string of the molecule is CCCNC(=O)c1cc(-c2ccccc2OC)n2nc(-c3ccc(Cl)cc3)cc2n1. The van der Waals surface area contributed by atoms with Gasteiger partial charge in [-0.2, -0.15) is 5.10 Å². The first-order chi connectivity index (χ1) is 14.6. The predicted molar refractivity (Wildman–Crippen MR) is 118 cm³/mol. The molecule has 0 radical (unpaired) electrons. The molecule has 4 aromatic rings. The highest BCUT2D eigenvalue weighted by atomic mass is 35.5. The molecule has 0 fully saturated rings. The first-order valence-corrected chi connectivity index (χ1v) is 10.1. The van der Waals surface area contributed by atoms with Gasteiger partial charge in [-0.1, -0.05) is 42.8 Å². The van der Waals surface area contributed by atoms with Gasteiger partial charge in [0.25, 0.3) is 5.91 Å². The largest absolute Gasteiger partial charge is 0.496 e. The zero-order valence-corrected chi connectivity index (χ0v) is 17.5. The van der Waals surface area contributed by atoms with Crippen molar-refractivity contribution in [1.29, 1.82) is 0 Å². The van der Waals surface area contributed by atoms with E-state index in [1.165, 1.54) is 0 Å². The van der Waals surface area contributed by atoms with Crippen LogP contribution < -0.4 is 10.1 Å². The van der Waals surface area contributed by atoms with E-state index >= 15 is 0 Å². The molecule has 0 unspecified atom stereocenters. The van der Waals surface area contributed by atoms with Crippen LogP contribution in [0.4, 0.5) is 0 Å². The molecule has 0 atom stereocenters. The van der Waals surface area contributed by atoms with Gasteiger partial charge in [0.2, 0.25) is 0 Å². The molecule has 1 amide bonds. The summed E-state index contributed by atoms with van der Waals surface area (Å²) in [6.07, 6.45) is 0.848. The van der Waals surface area contributed by atoms with Gasteiger partial charge in [0.05, 0.1) is 18.5 Å². The summed E-state index contributed by atoms with van der Waals surface area (Å²) in [6, 6.07) is 18.7. The molecular formula is C23H21ClN4O2. The Labute approximate surface area is 179 Å². The molecule has 2 aromatic carbocycles. The zero-order chi connectivity index (χ0) is 21.1. The molecule has 4 rings (SSSR count). The molecule has 0 aliphatic carbocycles. The van der Waals surface area contributed by atoms with Crippen LogP contribution in [0.2, 0.25) is 5.02 Å². The van der Waals surface area contributed by atoms with Crippen molar-refractivity contribution in [2.24, 2.45) is 0 Å². The van der Waals surface area contributed by atoms with Gasteiger partial charge in [-0.3, -0.25) is 4.79 Å². The fraction of sp³-hybridized carbons (Fsp3) is 0.174. The zero-order valence-electron chi connectivity index (χ0n) is 16.7. The second kappa shape index (κ2) is 8.55. The van der Waals surface area contributed by atoms with Crippen LogP contribution in [0, 0.1) is 0 Å². The number of carbonyl (C=O) groups excluding carboxylic acids is 1. The van der Waals surface area contributed by atoms with E-state index < -0.39 is 0 Å². The number of para-hydroxylation sites is 1. The third-order valence-electron chi connectivity index (χ3n) is 4.72. The molecule has 0 bridgehead atoms. The quantitative estimate of drug-likeness (QED) is 0.483. The molecule has 2 aromatic heterocycles. The number of ether oxygens (including phenoxy) is 1. The number of halogens is 1. The third kappa shape index (κ3) is 3.86. The Hall–Kier alpha value is -3.38. The van der Waals surface area contributed by atoms with E-state index in [-0.39, 0.29) is 5.91 Å². The van der Waals surface area contributed by atoms with Crippen LogP contribution in [0.15, 0.2) is 60.7 Å². The number of nitrogens with zero attached hydrogens (tertiary/aromatic N) is 3. The smallest absolute Gasteiger partial charge is 0.270 e. The van der Waals surface area contributed by atoms with Crippen LogP contribution in [0.3, 0.4) is 0 Å². The number of amides is 1. The lowest BCUT2D eigenvalue weighted by molar-refractivity contribution is 0.0949. The lowest BCUT2D eigenvalue weighted by Gasteiger charge is -2.11. The standard InChI is InChI=1S/C23H21ClN4O2/c1-3-12-25-23(29)19-13-20(17-6-4-5-7-21(17)30-2)28-22(26-19)14-18(27-28)15-8-10-16(24)11-9-15/h4-11,13-14H,3,12H2,1-2H3,(H,25,29). The summed E-state index contributed by atoms with van der Waals surface area (Å²) in [7, 11) is 1.62. The number of fused-ring (bicyclic) bond motifs is 1. The van der Waals surface area contributed by atoms with Crippen molar-refractivity contribution in [1.82, 2.24) is 19.9 Å². The monoisotopic (exact) mass is 420 g/mol. The molecule has 0 aliphatic heterocycles. The minimum absolute atomic E-state index is 0.218. The maximum Gasteiger partial charge on any atom is 0.270 e. The summed E-state index contributed by atoms with van der Waals surface area (Å²) in [4.78, 5) is 17.2. The van der Waals surface area contributed by atoms with Crippen LogP contribution >= 0.6 is 11.6 Å². The van der Waals surface area contributed by atoms with Crippen LogP contribution in [0.25, 0.3) is 28.2 Å². The van der Waals surface area contributed by atoms with Crippen LogP contribution in [0.1, 0.15) is 23.8 Å². The lowest BCUT2D eigenvalue weighted by Crippen LogP contribution is -2.25. The van der Waals surface area contributed by atoms with E-state index in [1.54, 1.807) is 17.7 Å². The fourth-order valence-corrected chi connectivity index (χ4v) is 3.36. The molecule has 7 heteroatoms. The van der Waals surface area contributed by atoms with Crippen molar-refractivity contribution in [2.45, 2.75) is 13.3 Å². The Balaban J connectivity index is 1.92. The number of carbonyl (C=O) groups is 1. The summed E-state index contributed by atoms with van der Waals surface area (Å²) in [5.41, 5.74) is 4.10. The molecule has 1 N–H and O–H groups in total. The van der Waals surface area contributed by atoms with E-state index in [4.69, 9.17) is 21.4 Å².